The molecule has 0 radical (unpaired) electrons. The Hall–Kier alpha value is -0.960. The largest absolute Gasteiger partial charge is 0.323 e. The third kappa shape index (κ3) is 3.77. The normalized spacial score (nSPS) is 12.4. The first-order chi connectivity index (χ1) is 8.25. The fourth-order valence-corrected chi connectivity index (χ4v) is 2.55. The van der Waals surface area contributed by atoms with E-state index in [9.17, 15) is 0 Å². The van der Waals surface area contributed by atoms with Gasteiger partial charge in [-0.15, -0.1) is 11.8 Å². The maximum Gasteiger partial charge on any atom is 0.0406 e. The van der Waals surface area contributed by atoms with Gasteiger partial charge in [0.1, 0.15) is 0 Å². The second kappa shape index (κ2) is 6.10. The summed E-state index contributed by atoms with van der Waals surface area (Å²) in [6.45, 7) is 0. The van der Waals surface area contributed by atoms with E-state index >= 15 is 0 Å². The number of nitrogens with two attached hydrogens (primary N) is 1. The maximum absolute atomic E-state index is 6.13. The quantitative estimate of drug-likeness (QED) is 0.840. The minimum Gasteiger partial charge on any atom is -0.323 e. The molecule has 1 nitrogen and oxygen atoms in total. The van der Waals surface area contributed by atoms with Crippen molar-refractivity contribution in [2.45, 2.75) is 10.9 Å². The van der Waals surface area contributed by atoms with E-state index in [-0.39, 0.29) is 6.04 Å². The SMILES string of the molecule is NC(CSc1ccccc1)c1ccc(Cl)cc1. The van der Waals surface area contributed by atoms with Gasteiger partial charge in [-0.1, -0.05) is 41.9 Å². The highest BCUT2D eigenvalue weighted by molar-refractivity contribution is 7.99. The predicted octanol–water partition coefficient (Wildman–Crippen LogP) is 4.13. The predicted molar refractivity (Wildman–Crippen MR) is 75.5 cm³/mol. The first kappa shape index (κ1) is 12.5. The molecule has 0 aromatic heterocycles. The topological polar surface area (TPSA) is 26.0 Å². The van der Waals surface area contributed by atoms with Crippen LogP contribution in [0.3, 0.4) is 0 Å². The number of hydrogen-bond acceptors (Lipinski definition) is 2. The fraction of sp³-hybridized carbons (Fsp3) is 0.143. The van der Waals surface area contributed by atoms with Crippen molar-refractivity contribution in [1.29, 1.82) is 0 Å². The fourth-order valence-electron chi connectivity index (χ4n) is 1.51. The van der Waals surface area contributed by atoms with Crippen molar-refractivity contribution in [3.05, 3.63) is 65.2 Å². The first-order valence-corrected chi connectivity index (χ1v) is 6.81. The highest BCUT2D eigenvalue weighted by atomic mass is 35.5. The summed E-state index contributed by atoms with van der Waals surface area (Å²) < 4.78 is 0. The molecule has 1 unspecified atom stereocenters. The molecule has 0 aliphatic rings. The van der Waals surface area contributed by atoms with Crippen LogP contribution in [0.5, 0.6) is 0 Å². The zero-order valence-electron chi connectivity index (χ0n) is 9.34. The second-order valence-electron chi connectivity index (χ2n) is 3.78. The van der Waals surface area contributed by atoms with Crippen LogP contribution < -0.4 is 5.73 Å². The summed E-state index contributed by atoms with van der Waals surface area (Å²) in [4.78, 5) is 1.25. The van der Waals surface area contributed by atoms with Gasteiger partial charge in [0.2, 0.25) is 0 Å². The molecule has 0 saturated heterocycles. The van der Waals surface area contributed by atoms with Crippen LogP contribution >= 0.6 is 23.4 Å². The lowest BCUT2D eigenvalue weighted by Gasteiger charge is -2.11. The number of hydrogen-bond donors (Lipinski definition) is 1. The zero-order chi connectivity index (χ0) is 12.1. The lowest BCUT2D eigenvalue weighted by atomic mass is 10.1. The standard InChI is InChI=1S/C14H14ClNS/c15-12-8-6-11(7-9-12)14(16)10-17-13-4-2-1-3-5-13/h1-9,14H,10,16H2. The monoisotopic (exact) mass is 263 g/mol. The third-order valence-corrected chi connectivity index (χ3v) is 3.85. The minimum absolute atomic E-state index is 0.0393. The molecular weight excluding hydrogens is 250 g/mol. The number of rotatable bonds is 4. The highest BCUT2D eigenvalue weighted by Gasteiger charge is 2.06. The molecule has 88 valence electrons. The summed E-state index contributed by atoms with van der Waals surface area (Å²) in [5, 5.41) is 0.747. The molecule has 0 aliphatic heterocycles. The smallest absolute Gasteiger partial charge is 0.0406 e. The molecule has 0 aliphatic carbocycles. The Balaban J connectivity index is 1.93. The van der Waals surface area contributed by atoms with E-state index in [1.807, 2.05) is 42.5 Å². The lowest BCUT2D eigenvalue weighted by molar-refractivity contribution is 0.831. The third-order valence-electron chi connectivity index (χ3n) is 2.47. The van der Waals surface area contributed by atoms with Gasteiger partial charge >= 0.3 is 0 Å². The van der Waals surface area contributed by atoms with E-state index in [1.165, 1.54) is 4.90 Å². The van der Waals surface area contributed by atoms with Crippen molar-refractivity contribution in [3.8, 4) is 0 Å². The summed E-state index contributed by atoms with van der Waals surface area (Å²) in [6.07, 6.45) is 0. The molecule has 0 heterocycles. The number of benzene rings is 2. The van der Waals surface area contributed by atoms with Gasteiger partial charge in [0.25, 0.3) is 0 Å². The Kier molecular flexibility index (Phi) is 4.49. The average Bonchev–Trinajstić information content (AvgIpc) is 2.38. The Bertz CT molecular complexity index is 455. The minimum atomic E-state index is 0.0393. The van der Waals surface area contributed by atoms with Gasteiger partial charge in [-0.25, -0.2) is 0 Å². The molecule has 2 aromatic carbocycles. The molecule has 1 atom stereocenters. The molecule has 0 amide bonds. The zero-order valence-corrected chi connectivity index (χ0v) is 10.9. The summed E-state index contributed by atoms with van der Waals surface area (Å²) in [6, 6.07) is 18.1. The van der Waals surface area contributed by atoms with Crippen LogP contribution in [-0.2, 0) is 0 Å². The van der Waals surface area contributed by atoms with Crippen molar-refractivity contribution < 1.29 is 0 Å². The van der Waals surface area contributed by atoms with Gasteiger partial charge in [-0.2, -0.15) is 0 Å². The van der Waals surface area contributed by atoms with E-state index < -0.39 is 0 Å². The van der Waals surface area contributed by atoms with Gasteiger partial charge in [0.05, 0.1) is 0 Å². The Morgan fingerprint density at radius 1 is 1.00 bits per heavy atom. The molecule has 2 N–H and O–H groups in total. The first-order valence-electron chi connectivity index (χ1n) is 5.44. The van der Waals surface area contributed by atoms with E-state index in [2.05, 4.69) is 12.1 Å². The second-order valence-corrected chi connectivity index (χ2v) is 5.31. The molecule has 0 bridgehead atoms. The van der Waals surface area contributed by atoms with Crippen LogP contribution in [0.1, 0.15) is 11.6 Å². The molecule has 2 aromatic rings. The van der Waals surface area contributed by atoms with Crippen molar-refractivity contribution in [3.63, 3.8) is 0 Å². The molecular formula is C14H14ClNS. The van der Waals surface area contributed by atoms with Crippen LogP contribution in [0, 0.1) is 0 Å². The summed E-state index contributed by atoms with van der Waals surface area (Å²) in [7, 11) is 0. The van der Waals surface area contributed by atoms with Crippen LogP contribution in [0.15, 0.2) is 59.5 Å². The van der Waals surface area contributed by atoms with Crippen LogP contribution in [0.4, 0.5) is 0 Å². The summed E-state index contributed by atoms with van der Waals surface area (Å²) in [5.41, 5.74) is 7.25. The molecule has 17 heavy (non-hydrogen) atoms. The number of halogens is 1. The van der Waals surface area contributed by atoms with E-state index in [4.69, 9.17) is 17.3 Å². The summed E-state index contributed by atoms with van der Waals surface area (Å²) in [5.74, 6) is 0.867. The van der Waals surface area contributed by atoms with Gasteiger partial charge in [-0.3, -0.25) is 0 Å². The Morgan fingerprint density at radius 3 is 2.29 bits per heavy atom. The molecule has 2 rings (SSSR count). The molecule has 3 heteroatoms. The van der Waals surface area contributed by atoms with Crippen LogP contribution in [0.25, 0.3) is 0 Å². The van der Waals surface area contributed by atoms with Crippen LogP contribution in [-0.4, -0.2) is 5.75 Å². The van der Waals surface area contributed by atoms with E-state index in [0.29, 0.717) is 0 Å². The van der Waals surface area contributed by atoms with Crippen molar-refractivity contribution in [1.82, 2.24) is 0 Å². The average molecular weight is 264 g/mol. The molecule has 0 saturated carbocycles. The maximum atomic E-state index is 6.13. The van der Waals surface area contributed by atoms with Crippen molar-refractivity contribution in [2.75, 3.05) is 5.75 Å². The Morgan fingerprint density at radius 2 is 1.65 bits per heavy atom. The van der Waals surface area contributed by atoms with Crippen LogP contribution in [0.2, 0.25) is 5.02 Å². The van der Waals surface area contributed by atoms with Gasteiger partial charge < -0.3 is 5.73 Å². The van der Waals surface area contributed by atoms with E-state index in [1.54, 1.807) is 11.8 Å². The lowest BCUT2D eigenvalue weighted by Crippen LogP contribution is -2.12. The summed E-state index contributed by atoms with van der Waals surface area (Å²) >= 11 is 7.61. The van der Waals surface area contributed by atoms with Gasteiger partial charge in [-0.05, 0) is 29.8 Å². The molecule has 0 spiro atoms. The van der Waals surface area contributed by atoms with E-state index in [0.717, 1.165) is 16.3 Å². The molecule has 0 fully saturated rings. The van der Waals surface area contributed by atoms with Gasteiger partial charge in [0.15, 0.2) is 0 Å². The number of thioether (sulfide) groups is 1. The highest BCUT2D eigenvalue weighted by Crippen LogP contribution is 2.23. The Labute approximate surface area is 111 Å². The van der Waals surface area contributed by atoms with Crippen molar-refractivity contribution in [2.24, 2.45) is 5.73 Å². The van der Waals surface area contributed by atoms with Gasteiger partial charge in [0, 0.05) is 21.7 Å². The van der Waals surface area contributed by atoms with Crippen molar-refractivity contribution >= 4 is 23.4 Å².